The van der Waals surface area contributed by atoms with Gasteiger partial charge in [0.25, 0.3) is 11.8 Å². The molecule has 0 bridgehead atoms. The van der Waals surface area contributed by atoms with Gasteiger partial charge in [0.15, 0.2) is 5.69 Å². The molecule has 170 valence electrons. The fraction of sp³-hybridized carbons (Fsp3) is 0.522. The standard InChI is InChI=1S/C23H30N6O3/c1-3-11-28-21(31)19-12-18(20(30)25-14-16-7-6-10-24-13-16)27-29(19)15-23(28,2)22(32)26-17-8-4-5-9-17/h6-7,10,12-13,17H,3-5,8-9,11,14-15H2,1-2H3,(H,25,30)(H,26,32)/t23-/m0/s1. The molecule has 0 unspecified atom stereocenters. The Hall–Kier alpha value is -3.23. The van der Waals surface area contributed by atoms with Crippen molar-refractivity contribution in [3.63, 3.8) is 0 Å². The topological polar surface area (TPSA) is 109 Å². The van der Waals surface area contributed by atoms with E-state index in [2.05, 4.69) is 20.7 Å². The van der Waals surface area contributed by atoms with Crippen molar-refractivity contribution in [1.29, 1.82) is 0 Å². The fourth-order valence-electron chi connectivity index (χ4n) is 4.51. The van der Waals surface area contributed by atoms with Crippen molar-refractivity contribution in [2.75, 3.05) is 6.54 Å². The lowest BCUT2D eigenvalue weighted by molar-refractivity contribution is -0.133. The van der Waals surface area contributed by atoms with E-state index in [1.54, 1.807) is 30.3 Å². The van der Waals surface area contributed by atoms with Gasteiger partial charge in [0.2, 0.25) is 5.91 Å². The molecule has 0 radical (unpaired) electrons. The van der Waals surface area contributed by atoms with Crippen LogP contribution in [0.15, 0.2) is 30.6 Å². The van der Waals surface area contributed by atoms with E-state index in [-0.39, 0.29) is 36.0 Å². The Bertz CT molecular complexity index is 998. The van der Waals surface area contributed by atoms with Gasteiger partial charge in [-0.2, -0.15) is 5.10 Å². The normalized spacial score (nSPS) is 20.8. The number of aromatic nitrogens is 3. The summed E-state index contributed by atoms with van der Waals surface area (Å²) >= 11 is 0. The smallest absolute Gasteiger partial charge is 0.273 e. The molecule has 9 heteroatoms. The van der Waals surface area contributed by atoms with E-state index in [9.17, 15) is 14.4 Å². The van der Waals surface area contributed by atoms with E-state index in [1.165, 1.54) is 10.7 Å². The third-order valence-electron chi connectivity index (χ3n) is 6.33. The zero-order valence-corrected chi connectivity index (χ0v) is 18.6. The molecule has 3 amide bonds. The first-order chi connectivity index (χ1) is 15.4. The molecule has 0 spiro atoms. The van der Waals surface area contributed by atoms with Crippen molar-refractivity contribution in [3.8, 4) is 0 Å². The Morgan fingerprint density at radius 3 is 2.75 bits per heavy atom. The highest BCUT2D eigenvalue weighted by molar-refractivity contribution is 6.01. The third kappa shape index (κ3) is 4.24. The number of rotatable bonds is 7. The zero-order chi connectivity index (χ0) is 22.7. The summed E-state index contributed by atoms with van der Waals surface area (Å²) in [4.78, 5) is 44.9. The van der Waals surface area contributed by atoms with Crippen LogP contribution < -0.4 is 10.6 Å². The third-order valence-corrected chi connectivity index (χ3v) is 6.33. The Kier molecular flexibility index (Phi) is 6.25. The van der Waals surface area contributed by atoms with Crippen LogP contribution >= 0.6 is 0 Å². The summed E-state index contributed by atoms with van der Waals surface area (Å²) in [5.74, 6) is -0.807. The van der Waals surface area contributed by atoms with E-state index in [0.717, 1.165) is 37.7 Å². The van der Waals surface area contributed by atoms with Crippen LogP contribution in [0.5, 0.6) is 0 Å². The molecule has 2 aromatic heterocycles. The number of carbonyl (C=O) groups is 3. The van der Waals surface area contributed by atoms with Crippen LogP contribution in [-0.4, -0.2) is 55.5 Å². The first kappa shape index (κ1) is 22.0. The van der Waals surface area contributed by atoms with Crippen LogP contribution in [0.25, 0.3) is 0 Å². The van der Waals surface area contributed by atoms with Gasteiger partial charge >= 0.3 is 0 Å². The van der Waals surface area contributed by atoms with Crippen LogP contribution in [0.3, 0.4) is 0 Å². The molecule has 1 aliphatic carbocycles. The lowest BCUT2D eigenvalue weighted by Crippen LogP contribution is -2.65. The molecule has 9 nitrogen and oxygen atoms in total. The molecule has 1 fully saturated rings. The molecule has 1 atom stereocenters. The van der Waals surface area contributed by atoms with Gasteiger partial charge in [0.05, 0.1) is 6.54 Å². The highest BCUT2D eigenvalue weighted by Crippen LogP contribution is 2.29. The molecule has 2 N–H and O–H groups in total. The van der Waals surface area contributed by atoms with Crippen LogP contribution in [0.4, 0.5) is 0 Å². The summed E-state index contributed by atoms with van der Waals surface area (Å²) in [6.45, 7) is 4.75. The lowest BCUT2D eigenvalue weighted by Gasteiger charge is -2.43. The van der Waals surface area contributed by atoms with Crippen LogP contribution in [0, 0.1) is 0 Å². The van der Waals surface area contributed by atoms with Crippen molar-refractivity contribution >= 4 is 17.7 Å². The second-order valence-corrected chi connectivity index (χ2v) is 8.80. The van der Waals surface area contributed by atoms with E-state index >= 15 is 0 Å². The Morgan fingerprint density at radius 2 is 2.06 bits per heavy atom. The van der Waals surface area contributed by atoms with Crippen LogP contribution in [-0.2, 0) is 17.9 Å². The number of nitrogens with one attached hydrogen (secondary N) is 2. The summed E-state index contributed by atoms with van der Waals surface area (Å²) in [6.07, 6.45) is 8.24. The van der Waals surface area contributed by atoms with Gasteiger partial charge in [0.1, 0.15) is 11.2 Å². The molecular formula is C23H30N6O3. The molecule has 1 saturated carbocycles. The van der Waals surface area contributed by atoms with Crippen molar-refractivity contribution in [2.24, 2.45) is 0 Å². The van der Waals surface area contributed by atoms with E-state index in [0.29, 0.717) is 18.8 Å². The monoisotopic (exact) mass is 438 g/mol. The van der Waals surface area contributed by atoms with Gasteiger partial charge in [-0.25, -0.2) is 0 Å². The lowest BCUT2D eigenvalue weighted by atomic mass is 9.94. The average Bonchev–Trinajstić information content (AvgIpc) is 3.45. The van der Waals surface area contributed by atoms with Crippen molar-refractivity contribution in [1.82, 2.24) is 30.3 Å². The molecule has 4 rings (SSSR count). The summed E-state index contributed by atoms with van der Waals surface area (Å²) in [6, 6.07) is 5.34. The summed E-state index contributed by atoms with van der Waals surface area (Å²) in [7, 11) is 0. The van der Waals surface area contributed by atoms with Crippen molar-refractivity contribution in [3.05, 3.63) is 47.5 Å². The molecule has 3 heterocycles. The Morgan fingerprint density at radius 1 is 1.28 bits per heavy atom. The maximum absolute atomic E-state index is 13.3. The number of pyridine rings is 1. The summed E-state index contributed by atoms with van der Waals surface area (Å²) in [5.41, 5.74) is 0.300. The first-order valence-electron chi connectivity index (χ1n) is 11.3. The number of amides is 3. The highest BCUT2D eigenvalue weighted by Gasteiger charge is 2.48. The number of nitrogens with zero attached hydrogens (tertiary/aromatic N) is 4. The molecule has 0 aromatic carbocycles. The maximum atomic E-state index is 13.3. The molecule has 0 saturated heterocycles. The van der Waals surface area contributed by atoms with Crippen LogP contribution in [0.2, 0.25) is 0 Å². The first-order valence-corrected chi connectivity index (χ1v) is 11.3. The number of hydrogen-bond acceptors (Lipinski definition) is 5. The SMILES string of the molecule is CCCN1C(=O)c2cc(C(=O)NCc3cccnc3)nn2C[C@@]1(C)C(=O)NC1CCCC1. The quantitative estimate of drug-likeness (QED) is 0.686. The molecule has 2 aromatic rings. The minimum absolute atomic E-state index is 0.157. The van der Waals surface area contributed by atoms with Gasteiger partial charge in [-0.3, -0.25) is 24.0 Å². The molecule has 1 aliphatic heterocycles. The number of hydrogen-bond donors (Lipinski definition) is 2. The second kappa shape index (κ2) is 9.10. The van der Waals surface area contributed by atoms with Gasteiger partial charge < -0.3 is 15.5 Å². The van der Waals surface area contributed by atoms with E-state index in [4.69, 9.17) is 0 Å². The maximum Gasteiger partial charge on any atom is 0.273 e. The van der Waals surface area contributed by atoms with Gasteiger partial charge in [-0.05, 0) is 37.8 Å². The van der Waals surface area contributed by atoms with E-state index < -0.39 is 5.54 Å². The minimum Gasteiger partial charge on any atom is -0.351 e. The zero-order valence-electron chi connectivity index (χ0n) is 18.6. The van der Waals surface area contributed by atoms with Gasteiger partial charge in [0, 0.05) is 37.6 Å². The predicted molar refractivity (Wildman–Crippen MR) is 118 cm³/mol. The largest absolute Gasteiger partial charge is 0.351 e. The Labute approximate surface area is 187 Å². The number of fused-ring (bicyclic) bond motifs is 1. The average molecular weight is 439 g/mol. The molecule has 2 aliphatic rings. The minimum atomic E-state index is -1.06. The van der Waals surface area contributed by atoms with Crippen molar-refractivity contribution < 1.29 is 14.4 Å². The van der Waals surface area contributed by atoms with Crippen molar-refractivity contribution in [2.45, 2.75) is 70.6 Å². The highest BCUT2D eigenvalue weighted by atomic mass is 16.2. The van der Waals surface area contributed by atoms with E-state index in [1.807, 2.05) is 13.0 Å². The number of carbonyl (C=O) groups excluding carboxylic acids is 3. The predicted octanol–water partition coefficient (Wildman–Crippen LogP) is 1.89. The van der Waals surface area contributed by atoms with Crippen LogP contribution in [0.1, 0.15) is 72.5 Å². The summed E-state index contributed by atoms with van der Waals surface area (Å²) < 4.78 is 1.50. The Balaban J connectivity index is 1.54. The van der Waals surface area contributed by atoms with Gasteiger partial charge in [-0.15, -0.1) is 0 Å². The molecule has 32 heavy (non-hydrogen) atoms. The molecular weight excluding hydrogens is 408 g/mol. The van der Waals surface area contributed by atoms with Gasteiger partial charge in [-0.1, -0.05) is 25.8 Å². The summed E-state index contributed by atoms with van der Waals surface area (Å²) in [5, 5.41) is 10.3. The fourth-order valence-corrected chi connectivity index (χ4v) is 4.51. The second-order valence-electron chi connectivity index (χ2n) is 8.80.